The fraction of sp³-hybridized carbons (Fsp3) is 0.632. The van der Waals surface area contributed by atoms with E-state index in [1.54, 1.807) is 0 Å². The van der Waals surface area contributed by atoms with Crippen LogP contribution in [-0.4, -0.2) is 30.6 Å². The number of rotatable bonds is 8. The minimum Gasteiger partial charge on any atom is -0.410 e. The number of hydrogen-bond acceptors (Lipinski definition) is 3. The molecular weight excluding hydrogens is 288 g/mol. The molecular formula is C19H30N2O2. The van der Waals surface area contributed by atoms with Gasteiger partial charge in [0.1, 0.15) is 5.75 Å². The van der Waals surface area contributed by atoms with Gasteiger partial charge in [0.25, 0.3) is 0 Å². The van der Waals surface area contributed by atoms with Crippen molar-refractivity contribution in [2.75, 3.05) is 19.6 Å². The Morgan fingerprint density at radius 3 is 2.70 bits per heavy atom. The fourth-order valence-corrected chi connectivity index (χ4v) is 2.97. The average Bonchev–Trinajstić information content (AvgIpc) is 2.57. The summed E-state index contributed by atoms with van der Waals surface area (Å²) < 4.78 is 5.52. The van der Waals surface area contributed by atoms with E-state index in [2.05, 4.69) is 23.2 Å². The van der Waals surface area contributed by atoms with E-state index < -0.39 is 0 Å². The molecule has 0 atom stereocenters. The van der Waals surface area contributed by atoms with Crippen molar-refractivity contribution in [3.63, 3.8) is 0 Å². The van der Waals surface area contributed by atoms with Crippen LogP contribution in [0.1, 0.15) is 57.4 Å². The first-order chi connectivity index (χ1) is 11.3. The number of unbranched alkanes of at least 4 members (excludes halogenated alkanes) is 3. The Morgan fingerprint density at radius 2 is 1.91 bits per heavy atom. The number of ether oxygens (including phenoxy) is 1. The van der Waals surface area contributed by atoms with Crippen LogP contribution in [0.3, 0.4) is 0 Å². The maximum atomic E-state index is 11.9. The van der Waals surface area contributed by atoms with Gasteiger partial charge in [0.05, 0.1) is 0 Å². The molecule has 128 valence electrons. The highest BCUT2D eigenvalue weighted by Gasteiger charge is 2.14. The van der Waals surface area contributed by atoms with Gasteiger partial charge in [0, 0.05) is 18.7 Å². The second-order valence-electron chi connectivity index (χ2n) is 6.32. The number of nitrogens with zero attached hydrogens (tertiary/aromatic N) is 1. The third-order valence-electron chi connectivity index (χ3n) is 4.32. The molecule has 0 unspecified atom stereocenters. The minimum absolute atomic E-state index is 0.340. The highest BCUT2D eigenvalue weighted by Crippen LogP contribution is 2.21. The van der Waals surface area contributed by atoms with Crippen LogP contribution in [-0.2, 0) is 6.54 Å². The Balaban J connectivity index is 1.80. The standard InChI is InChI=1S/C19H30N2O2/c1-2-3-4-8-13-20-19(22)23-18-12-7-6-11-17(18)16-21-14-9-5-10-15-21/h6-7,11-12H,2-5,8-10,13-16H2,1H3,(H,20,22). The van der Waals surface area contributed by atoms with E-state index in [1.165, 1.54) is 32.1 Å². The minimum atomic E-state index is -0.340. The van der Waals surface area contributed by atoms with Crippen molar-refractivity contribution in [1.29, 1.82) is 0 Å². The summed E-state index contributed by atoms with van der Waals surface area (Å²) in [6, 6.07) is 7.87. The summed E-state index contributed by atoms with van der Waals surface area (Å²) in [5.74, 6) is 0.684. The van der Waals surface area contributed by atoms with E-state index in [0.717, 1.165) is 38.0 Å². The molecule has 0 saturated carbocycles. The lowest BCUT2D eigenvalue weighted by atomic mass is 10.1. The van der Waals surface area contributed by atoms with Gasteiger partial charge in [-0.05, 0) is 38.4 Å². The molecule has 0 aromatic heterocycles. The SMILES string of the molecule is CCCCCCNC(=O)Oc1ccccc1CN1CCCCC1. The summed E-state index contributed by atoms with van der Waals surface area (Å²) >= 11 is 0. The molecule has 0 bridgehead atoms. The van der Waals surface area contributed by atoms with Gasteiger partial charge in [-0.15, -0.1) is 0 Å². The van der Waals surface area contributed by atoms with E-state index in [0.29, 0.717) is 12.3 Å². The molecule has 1 aromatic carbocycles. The first kappa shape index (κ1) is 17.8. The molecule has 1 aromatic rings. The molecule has 1 aliphatic heterocycles. The topological polar surface area (TPSA) is 41.6 Å². The molecule has 1 fully saturated rings. The Hall–Kier alpha value is -1.55. The molecule has 1 aliphatic rings. The predicted molar refractivity (Wildman–Crippen MR) is 93.7 cm³/mol. The first-order valence-corrected chi connectivity index (χ1v) is 9.05. The Morgan fingerprint density at radius 1 is 1.13 bits per heavy atom. The van der Waals surface area contributed by atoms with Crippen molar-refractivity contribution in [2.45, 2.75) is 58.4 Å². The lowest BCUT2D eigenvalue weighted by Gasteiger charge is -2.27. The summed E-state index contributed by atoms with van der Waals surface area (Å²) in [7, 11) is 0. The Kier molecular flexibility index (Phi) is 7.95. The highest BCUT2D eigenvalue weighted by molar-refractivity contribution is 5.70. The summed E-state index contributed by atoms with van der Waals surface area (Å²) in [4.78, 5) is 14.4. The fourth-order valence-electron chi connectivity index (χ4n) is 2.97. The van der Waals surface area contributed by atoms with Gasteiger partial charge in [-0.2, -0.15) is 0 Å². The van der Waals surface area contributed by atoms with Crippen molar-refractivity contribution < 1.29 is 9.53 Å². The van der Waals surface area contributed by atoms with E-state index in [9.17, 15) is 4.79 Å². The molecule has 1 N–H and O–H groups in total. The number of benzene rings is 1. The zero-order chi connectivity index (χ0) is 16.3. The number of piperidine rings is 1. The maximum Gasteiger partial charge on any atom is 0.412 e. The van der Waals surface area contributed by atoms with Crippen LogP contribution < -0.4 is 10.1 Å². The number of carbonyl (C=O) groups is 1. The second kappa shape index (κ2) is 10.3. The summed E-state index contributed by atoms with van der Waals surface area (Å²) in [6.07, 6.45) is 8.11. The Labute approximate surface area is 140 Å². The summed E-state index contributed by atoms with van der Waals surface area (Å²) in [5, 5.41) is 2.85. The van der Waals surface area contributed by atoms with Crippen LogP contribution in [0.5, 0.6) is 5.75 Å². The molecule has 1 amide bonds. The van der Waals surface area contributed by atoms with E-state index in [1.807, 2.05) is 18.2 Å². The molecule has 4 heteroatoms. The second-order valence-corrected chi connectivity index (χ2v) is 6.32. The lowest BCUT2D eigenvalue weighted by Crippen LogP contribution is -2.30. The number of likely N-dealkylation sites (tertiary alicyclic amines) is 1. The van der Waals surface area contributed by atoms with Crippen LogP contribution in [0.15, 0.2) is 24.3 Å². The molecule has 0 spiro atoms. The van der Waals surface area contributed by atoms with Gasteiger partial charge in [-0.3, -0.25) is 4.90 Å². The molecule has 23 heavy (non-hydrogen) atoms. The molecule has 0 aliphatic carbocycles. The third-order valence-corrected chi connectivity index (χ3v) is 4.32. The van der Waals surface area contributed by atoms with Gasteiger partial charge in [-0.25, -0.2) is 4.79 Å². The Bertz CT molecular complexity index is 470. The van der Waals surface area contributed by atoms with Crippen molar-refractivity contribution in [3.05, 3.63) is 29.8 Å². The van der Waals surface area contributed by atoms with E-state index in [-0.39, 0.29) is 6.09 Å². The zero-order valence-corrected chi connectivity index (χ0v) is 14.4. The van der Waals surface area contributed by atoms with Gasteiger partial charge in [-0.1, -0.05) is 50.8 Å². The predicted octanol–water partition coefficient (Wildman–Crippen LogP) is 4.34. The summed E-state index contributed by atoms with van der Waals surface area (Å²) in [6.45, 7) is 6.00. The van der Waals surface area contributed by atoms with Crippen LogP contribution in [0.4, 0.5) is 4.79 Å². The normalized spacial score (nSPS) is 15.3. The molecule has 2 rings (SSSR count). The largest absolute Gasteiger partial charge is 0.412 e. The van der Waals surface area contributed by atoms with Crippen LogP contribution >= 0.6 is 0 Å². The number of nitrogens with one attached hydrogen (secondary N) is 1. The van der Waals surface area contributed by atoms with Crippen LogP contribution in [0, 0.1) is 0 Å². The quantitative estimate of drug-likeness (QED) is 0.725. The van der Waals surface area contributed by atoms with Crippen molar-refractivity contribution in [2.24, 2.45) is 0 Å². The molecule has 0 radical (unpaired) electrons. The van der Waals surface area contributed by atoms with Gasteiger partial charge >= 0.3 is 6.09 Å². The number of carbonyl (C=O) groups excluding carboxylic acids is 1. The van der Waals surface area contributed by atoms with Crippen LogP contribution in [0.2, 0.25) is 0 Å². The number of hydrogen-bond donors (Lipinski definition) is 1. The van der Waals surface area contributed by atoms with Crippen molar-refractivity contribution in [1.82, 2.24) is 10.2 Å². The third kappa shape index (κ3) is 6.61. The monoisotopic (exact) mass is 318 g/mol. The lowest BCUT2D eigenvalue weighted by molar-refractivity contribution is 0.196. The number of amides is 1. The smallest absolute Gasteiger partial charge is 0.410 e. The zero-order valence-electron chi connectivity index (χ0n) is 14.4. The van der Waals surface area contributed by atoms with Crippen LogP contribution in [0.25, 0.3) is 0 Å². The van der Waals surface area contributed by atoms with E-state index in [4.69, 9.17) is 4.74 Å². The van der Waals surface area contributed by atoms with E-state index >= 15 is 0 Å². The van der Waals surface area contributed by atoms with Crippen molar-refractivity contribution in [3.8, 4) is 5.75 Å². The first-order valence-electron chi connectivity index (χ1n) is 9.05. The maximum absolute atomic E-state index is 11.9. The van der Waals surface area contributed by atoms with Gasteiger partial charge in [0.2, 0.25) is 0 Å². The van der Waals surface area contributed by atoms with Gasteiger partial charge in [0.15, 0.2) is 0 Å². The molecule has 1 saturated heterocycles. The molecule has 4 nitrogen and oxygen atoms in total. The van der Waals surface area contributed by atoms with Crippen molar-refractivity contribution >= 4 is 6.09 Å². The summed E-state index contributed by atoms with van der Waals surface area (Å²) in [5.41, 5.74) is 1.09. The molecule has 1 heterocycles. The number of para-hydroxylation sites is 1. The highest BCUT2D eigenvalue weighted by atomic mass is 16.6. The average molecular weight is 318 g/mol. The van der Waals surface area contributed by atoms with Gasteiger partial charge < -0.3 is 10.1 Å².